The summed E-state index contributed by atoms with van der Waals surface area (Å²) in [5.41, 5.74) is 1.60. The van der Waals surface area contributed by atoms with Gasteiger partial charge in [-0.05, 0) is 27.5 Å². The topological polar surface area (TPSA) is 51.2 Å². The Bertz CT molecular complexity index is 1290. The smallest absolute Gasteiger partial charge is 0.261 e. The fourth-order valence-electron chi connectivity index (χ4n) is 5.04. The summed E-state index contributed by atoms with van der Waals surface area (Å²) in [6, 6.07) is 29.0. The van der Waals surface area contributed by atoms with Gasteiger partial charge >= 0.3 is 0 Å². The van der Waals surface area contributed by atoms with E-state index >= 15 is 0 Å². The zero-order chi connectivity index (χ0) is 27.7. The molecule has 0 aliphatic carbocycles. The molecule has 4 rings (SSSR count). The molecule has 6 heteroatoms. The van der Waals surface area contributed by atoms with E-state index in [1.54, 1.807) is 0 Å². The van der Waals surface area contributed by atoms with Crippen LogP contribution in [0.4, 0.5) is 0 Å². The minimum Gasteiger partial charge on any atom is -0.406 e. The van der Waals surface area contributed by atoms with Crippen molar-refractivity contribution < 1.29 is 19.1 Å². The molecule has 5 nitrogen and oxygen atoms in total. The summed E-state index contributed by atoms with van der Waals surface area (Å²) in [6.45, 7) is 7.44. The number of aliphatic hydroxyl groups excluding tert-OH is 1. The summed E-state index contributed by atoms with van der Waals surface area (Å²) in [5, 5.41) is 13.3. The second-order valence-electron chi connectivity index (χ2n) is 10.6. The highest BCUT2D eigenvalue weighted by atomic mass is 28.4. The first kappa shape index (κ1) is 28.8. The Morgan fingerprint density at radius 1 is 0.872 bits per heavy atom. The first-order valence-corrected chi connectivity index (χ1v) is 15.2. The van der Waals surface area contributed by atoms with Gasteiger partial charge in [-0.25, -0.2) is 0 Å². The van der Waals surface area contributed by atoms with Crippen molar-refractivity contribution in [1.82, 2.24) is 5.06 Å². The van der Waals surface area contributed by atoms with Gasteiger partial charge in [-0.1, -0.05) is 117 Å². The Hall–Kier alpha value is -3.20. The third-order valence-electron chi connectivity index (χ3n) is 6.97. The van der Waals surface area contributed by atoms with Crippen molar-refractivity contribution in [3.8, 4) is 23.7 Å². The van der Waals surface area contributed by atoms with Crippen molar-refractivity contribution in [2.75, 3.05) is 26.9 Å². The molecule has 3 aromatic carbocycles. The molecule has 1 fully saturated rings. The third-order valence-corrected chi connectivity index (χ3v) is 12.0. The van der Waals surface area contributed by atoms with Crippen LogP contribution in [0.2, 0.25) is 5.04 Å². The number of ether oxygens (including phenoxy) is 1. The first-order chi connectivity index (χ1) is 18.8. The Balaban J connectivity index is 1.44. The fourth-order valence-corrected chi connectivity index (χ4v) is 9.64. The second kappa shape index (κ2) is 13.2. The summed E-state index contributed by atoms with van der Waals surface area (Å²) >= 11 is 0. The van der Waals surface area contributed by atoms with Gasteiger partial charge in [0, 0.05) is 24.6 Å². The average molecular weight is 540 g/mol. The average Bonchev–Trinajstić information content (AvgIpc) is 3.30. The van der Waals surface area contributed by atoms with E-state index in [0.717, 1.165) is 11.1 Å². The molecule has 39 heavy (non-hydrogen) atoms. The molecule has 1 aliphatic rings. The second-order valence-corrected chi connectivity index (χ2v) is 14.9. The highest BCUT2D eigenvalue weighted by Crippen LogP contribution is 2.37. The molecule has 1 aliphatic heterocycles. The lowest BCUT2D eigenvalue weighted by atomic mass is 10.1. The highest BCUT2D eigenvalue weighted by molar-refractivity contribution is 6.99. The van der Waals surface area contributed by atoms with Crippen LogP contribution in [0.15, 0.2) is 84.9 Å². The van der Waals surface area contributed by atoms with Gasteiger partial charge in [0.2, 0.25) is 0 Å². The predicted molar refractivity (Wildman–Crippen MR) is 158 cm³/mol. The molecule has 0 unspecified atom stereocenters. The number of hydrogen-bond donors (Lipinski definition) is 1. The summed E-state index contributed by atoms with van der Waals surface area (Å²) < 4.78 is 13.1. The molecule has 0 spiro atoms. The minimum atomic E-state index is -2.62. The molecule has 1 N–H and O–H groups in total. The van der Waals surface area contributed by atoms with Crippen molar-refractivity contribution in [2.24, 2.45) is 0 Å². The number of aliphatic hydroxyl groups is 1. The van der Waals surface area contributed by atoms with E-state index in [1.807, 2.05) is 36.4 Å². The number of likely N-dealkylation sites (N-methyl/N-ethyl adjacent to an activating group) is 1. The molecule has 3 aromatic rings. The maximum absolute atomic E-state index is 8.98. The molecular weight excluding hydrogens is 502 g/mol. The normalized spacial score (nSPS) is 17.7. The van der Waals surface area contributed by atoms with E-state index in [1.165, 1.54) is 10.4 Å². The lowest BCUT2D eigenvalue weighted by Gasteiger charge is -2.43. The Morgan fingerprint density at radius 2 is 1.41 bits per heavy atom. The van der Waals surface area contributed by atoms with Crippen LogP contribution in [-0.2, 0) is 14.0 Å². The van der Waals surface area contributed by atoms with E-state index in [0.29, 0.717) is 13.0 Å². The van der Waals surface area contributed by atoms with Crippen LogP contribution in [0, 0.1) is 23.7 Å². The van der Waals surface area contributed by atoms with E-state index in [-0.39, 0.29) is 30.6 Å². The number of hydrogen-bond acceptors (Lipinski definition) is 5. The van der Waals surface area contributed by atoms with E-state index in [2.05, 4.69) is 105 Å². The van der Waals surface area contributed by atoms with Gasteiger partial charge in [-0.15, -0.1) is 0 Å². The van der Waals surface area contributed by atoms with Gasteiger partial charge < -0.3 is 14.3 Å². The van der Waals surface area contributed by atoms with Gasteiger partial charge in [0.25, 0.3) is 8.32 Å². The zero-order valence-corrected chi connectivity index (χ0v) is 24.2. The van der Waals surface area contributed by atoms with Crippen LogP contribution in [0.25, 0.3) is 0 Å². The fraction of sp³-hybridized carbons (Fsp3) is 0.333. The van der Waals surface area contributed by atoms with Crippen LogP contribution in [-0.4, -0.2) is 57.7 Å². The molecule has 0 aromatic heterocycles. The molecular formula is C33H37NO4Si. The molecule has 0 saturated carbocycles. The predicted octanol–water partition coefficient (Wildman–Crippen LogP) is 3.94. The van der Waals surface area contributed by atoms with Crippen LogP contribution in [0.5, 0.6) is 0 Å². The maximum atomic E-state index is 8.98. The summed E-state index contributed by atoms with van der Waals surface area (Å²) in [4.78, 5) is 5.99. The SMILES string of the molecule is CN1O[C@@H](OCC#Cc2ccccc2C#CCO)C[C@@H]1CO[Si](c1ccccc1)(c1ccccc1)C(C)(C)C. The van der Waals surface area contributed by atoms with Gasteiger partial charge in [-0.2, -0.15) is 5.06 Å². The monoisotopic (exact) mass is 539 g/mol. The molecule has 0 bridgehead atoms. The number of rotatable bonds is 7. The summed E-state index contributed by atoms with van der Waals surface area (Å²) in [7, 11) is -0.689. The minimum absolute atomic E-state index is 0.0547. The summed E-state index contributed by atoms with van der Waals surface area (Å²) in [6.07, 6.45) is 0.302. The first-order valence-electron chi connectivity index (χ1n) is 13.3. The quantitative estimate of drug-likeness (QED) is 0.364. The van der Waals surface area contributed by atoms with Crippen LogP contribution < -0.4 is 10.4 Å². The molecule has 1 heterocycles. The van der Waals surface area contributed by atoms with E-state index in [9.17, 15) is 0 Å². The third kappa shape index (κ3) is 6.87. The van der Waals surface area contributed by atoms with E-state index in [4.69, 9.17) is 19.1 Å². The Morgan fingerprint density at radius 3 is 1.95 bits per heavy atom. The van der Waals surface area contributed by atoms with Crippen LogP contribution in [0.1, 0.15) is 38.3 Å². The largest absolute Gasteiger partial charge is 0.406 e. The maximum Gasteiger partial charge on any atom is 0.261 e. The van der Waals surface area contributed by atoms with Gasteiger partial charge in [0.15, 0.2) is 6.29 Å². The van der Waals surface area contributed by atoms with Crippen LogP contribution in [0.3, 0.4) is 0 Å². The van der Waals surface area contributed by atoms with Crippen molar-refractivity contribution in [3.63, 3.8) is 0 Å². The molecule has 0 amide bonds. The van der Waals surface area contributed by atoms with Crippen molar-refractivity contribution in [1.29, 1.82) is 0 Å². The summed E-state index contributed by atoms with van der Waals surface area (Å²) in [5.74, 6) is 11.8. The molecule has 2 atom stereocenters. The lowest BCUT2D eigenvalue weighted by Crippen LogP contribution is -2.67. The van der Waals surface area contributed by atoms with E-state index < -0.39 is 8.32 Å². The number of nitrogens with zero attached hydrogens (tertiary/aromatic N) is 1. The van der Waals surface area contributed by atoms with Gasteiger partial charge in [0.05, 0.1) is 12.6 Å². The zero-order valence-electron chi connectivity index (χ0n) is 23.2. The van der Waals surface area contributed by atoms with Crippen molar-refractivity contribution in [3.05, 3.63) is 96.1 Å². The van der Waals surface area contributed by atoms with Crippen LogP contribution >= 0.6 is 0 Å². The lowest BCUT2D eigenvalue weighted by molar-refractivity contribution is -0.225. The molecule has 1 saturated heterocycles. The molecule has 202 valence electrons. The van der Waals surface area contributed by atoms with Gasteiger partial charge in [0.1, 0.15) is 13.2 Å². The van der Waals surface area contributed by atoms with Gasteiger partial charge in [-0.3, -0.25) is 4.84 Å². The van der Waals surface area contributed by atoms with Crippen molar-refractivity contribution >= 4 is 18.7 Å². The highest BCUT2D eigenvalue weighted by Gasteiger charge is 2.51. The number of hydroxylamine groups is 2. The number of benzene rings is 3. The Labute approximate surface area is 233 Å². The van der Waals surface area contributed by atoms with Crippen molar-refractivity contribution in [2.45, 2.75) is 44.6 Å². The Kier molecular flexibility index (Phi) is 9.77. The standard InChI is InChI=1S/C33H37NO4Si/c1-33(2,3)39(30-19-7-5-8-20-30,31-21-9-6-10-22-31)37-26-29-25-32(38-34(29)4)36-24-14-18-28-16-12-11-15-27(28)17-13-23-35/h5-12,15-16,19-22,29,32,35H,23-26H2,1-4H3/t29-,32-/m1/s1. The molecule has 0 radical (unpaired) electrons.